The van der Waals surface area contributed by atoms with Crippen LogP contribution in [0.25, 0.3) is 0 Å². The van der Waals surface area contributed by atoms with Crippen LogP contribution in [-0.4, -0.2) is 48.9 Å². The van der Waals surface area contributed by atoms with Gasteiger partial charge in [0.05, 0.1) is 11.4 Å². The number of aryl methyl sites for hydroxylation is 1. The summed E-state index contributed by atoms with van der Waals surface area (Å²) in [7, 11) is 0. The molecule has 0 bridgehead atoms. The van der Waals surface area contributed by atoms with E-state index in [0.717, 1.165) is 44.5 Å². The maximum Gasteiger partial charge on any atom is 0.279 e. The average molecular weight is 491 g/mol. The Balaban J connectivity index is 1.22. The van der Waals surface area contributed by atoms with Crippen LogP contribution in [0.3, 0.4) is 0 Å². The van der Waals surface area contributed by atoms with Gasteiger partial charge in [-0.1, -0.05) is 60.7 Å². The summed E-state index contributed by atoms with van der Waals surface area (Å²) in [5.74, 6) is -0.111. The fourth-order valence-electron chi connectivity index (χ4n) is 4.71. The summed E-state index contributed by atoms with van der Waals surface area (Å²) in [6.07, 6.45) is 3.16. The molecule has 0 radical (unpaired) electrons. The second-order valence-electron chi connectivity index (χ2n) is 9.12. The fourth-order valence-corrected chi connectivity index (χ4v) is 5.50. The van der Waals surface area contributed by atoms with Crippen LogP contribution in [0.15, 0.2) is 72.1 Å². The SMILES string of the molecule is Cc1csc(C(=O)NNC(=O)CN2CCCC2CNCCC(c2ccccc2)c2ccccc2)c1. The van der Waals surface area contributed by atoms with Crippen LogP contribution in [0, 0.1) is 6.92 Å². The molecule has 1 fully saturated rings. The van der Waals surface area contributed by atoms with E-state index in [1.165, 1.54) is 22.5 Å². The third kappa shape index (κ3) is 7.24. The second kappa shape index (κ2) is 12.6. The molecule has 3 aromatic rings. The van der Waals surface area contributed by atoms with E-state index < -0.39 is 0 Å². The third-order valence-corrected chi connectivity index (χ3v) is 7.56. The Bertz CT molecular complexity index is 1050. The number of benzene rings is 2. The topological polar surface area (TPSA) is 73.5 Å². The largest absolute Gasteiger partial charge is 0.315 e. The summed E-state index contributed by atoms with van der Waals surface area (Å²) < 4.78 is 0. The molecule has 1 aliphatic rings. The number of hydrogen-bond acceptors (Lipinski definition) is 5. The van der Waals surface area contributed by atoms with Gasteiger partial charge in [0.2, 0.25) is 0 Å². The van der Waals surface area contributed by atoms with E-state index in [9.17, 15) is 9.59 Å². The highest BCUT2D eigenvalue weighted by Gasteiger charge is 2.26. The van der Waals surface area contributed by atoms with Crippen LogP contribution in [-0.2, 0) is 4.79 Å². The van der Waals surface area contributed by atoms with Gasteiger partial charge >= 0.3 is 0 Å². The van der Waals surface area contributed by atoms with Crippen LogP contribution in [0.1, 0.15) is 51.5 Å². The zero-order valence-electron chi connectivity index (χ0n) is 20.2. The van der Waals surface area contributed by atoms with Crippen LogP contribution in [0.4, 0.5) is 0 Å². The number of carbonyl (C=O) groups is 2. The Labute approximate surface area is 211 Å². The zero-order valence-corrected chi connectivity index (χ0v) is 21.0. The van der Waals surface area contributed by atoms with Crippen LogP contribution < -0.4 is 16.2 Å². The number of thiophene rings is 1. The summed E-state index contributed by atoms with van der Waals surface area (Å²) in [4.78, 5) is 27.4. The smallest absolute Gasteiger partial charge is 0.279 e. The number of rotatable bonds is 10. The highest BCUT2D eigenvalue weighted by atomic mass is 32.1. The minimum Gasteiger partial charge on any atom is -0.315 e. The van der Waals surface area contributed by atoms with Crippen molar-refractivity contribution in [2.75, 3.05) is 26.2 Å². The van der Waals surface area contributed by atoms with E-state index in [0.29, 0.717) is 16.8 Å². The molecule has 4 rings (SSSR count). The molecule has 1 aliphatic heterocycles. The van der Waals surface area contributed by atoms with E-state index in [1.807, 2.05) is 18.4 Å². The van der Waals surface area contributed by atoms with Crippen molar-refractivity contribution in [1.29, 1.82) is 0 Å². The molecule has 1 saturated heterocycles. The molecule has 6 nitrogen and oxygen atoms in total. The van der Waals surface area contributed by atoms with E-state index in [-0.39, 0.29) is 18.4 Å². The van der Waals surface area contributed by atoms with Crippen LogP contribution in [0.5, 0.6) is 0 Å². The number of hydrogen-bond donors (Lipinski definition) is 3. The normalized spacial score (nSPS) is 15.9. The molecule has 0 spiro atoms. The van der Waals surface area contributed by atoms with Crippen LogP contribution in [0.2, 0.25) is 0 Å². The summed E-state index contributed by atoms with van der Waals surface area (Å²) >= 11 is 1.37. The Kier molecular flexibility index (Phi) is 9.06. The van der Waals surface area contributed by atoms with Gasteiger partial charge in [-0.2, -0.15) is 0 Å². The maximum absolute atomic E-state index is 12.4. The minimum absolute atomic E-state index is 0.188. The molecular weight excluding hydrogens is 456 g/mol. The molecule has 184 valence electrons. The molecule has 1 aromatic heterocycles. The van der Waals surface area contributed by atoms with Gasteiger partial charge in [0.1, 0.15) is 0 Å². The first-order valence-corrected chi connectivity index (χ1v) is 13.2. The van der Waals surface area contributed by atoms with E-state index >= 15 is 0 Å². The van der Waals surface area contributed by atoms with Crippen molar-refractivity contribution in [2.24, 2.45) is 0 Å². The maximum atomic E-state index is 12.4. The third-order valence-electron chi connectivity index (χ3n) is 6.51. The van der Waals surface area contributed by atoms with Gasteiger partial charge in [0.25, 0.3) is 11.8 Å². The standard InChI is InChI=1S/C28H34N4O2S/c1-21-17-26(35-20-21)28(34)31-30-27(33)19-32-16-8-13-24(32)18-29-15-14-25(22-9-4-2-5-10-22)23-11-6-3-7-12-23/h2-7,9-12,17,20,24-25,29H,8,13-16,18-19H2,1H3,(H,30,33)(H,31,34). The van der Waals surface area contributed by atoms with Gasteiger partial charge < -0.3 is 5.32 Å². The van der Waals surface area contributed by atoms with Gasteiger partial charge in [-0.05, 0) is 67.4 Å². The van der Waals surface area contributed by atoms with Crippen molar-refractivity contribution in [1.82, 2.24) is 21.1 Å². The van der Waals surface area contributed by atoms with Gasteiger partial charge in [-0.25, -0.2) is 0 Å². The van der Waals surface area contributed by atoms with Crippen molar-refractivity contribution in [3.63, 3.8) is 0 Å². The molecule has 2 amide bonds. The summed E-state index contributed by atoms with van der Waals surface area (Å²) in [6.45, 7) is 4.88. The number of nitrogens with one attached hydrogen (secondary N) is 3. The molecule has 2 aromatic carbocycles. The van der Waals surface area contributed by atoms with Crippen molar-refractivity contribution in [3.05, 3.63) is 93.7 Å². The molecule has 3 N–H and O–H groups in total. The Morgan fingerprint density at radius 1 is 1.03 bits per heavy atom. The Morgan fingerprint density at radius 2 is 1.71 bits per heavy atom. The lowest BCUT2D eigenvalue weighted by atomic mass is 9.88. The van der Waals surface area contributed by atoms with Crippen molar-refractivity contribution < 1.29 is 9.59 Å². The van der Waals surface area contributed by atoms with Gasteiger partial charge in [-0.3, -0.25) is 25.3 Å². The predicted molar refractivity (Wildman–Crippen MR) is 141 cm³/mol. The van der Waals surface area contributed by atoms with Gasteiger partial charge in [0, 0.05) is 18.5 Å². The highest BCUT2D eigenvalue weighted by Crippen LogP contribution is 2.27. The monoisotopic (exact) mass is 490 g/mol. The first-order chi connectivity index (χ1) is 17.1. The quantitative estimate of drug-likeness (QED) is 0.296. The second-order valence-corrected chi connectivity index (χ2v) is 10.0. The molecule has 7 heteroatoms. The Hall–Kier alpha value is -3.00. The summed E-state index contributed by atoms with van der Waals surface area (Å²) in [5, 5.41) is 5.55. The summed E-state index contributed by atoms with van der Waals surface area (Å²) in [5.41, 5.74) is 8.79. The van der Waals surface area contributed by atoms with E-state index in [4.69, 9.17) is 0 Å². The minimum atomic E-state index is -0.275. The highest BCUT2D eigenvalue weighted by molar-refractivity contribution is 7.12. The number of likely N-dealkylation sites (tertiary alicyclic amines) is 1. The molecule has 0 aliphatic carbocycles. The van der Waals surface area contributed by atoms with Gasteiger partial charge in [0.15, 0.2) is 0 Å². The van der Waals surface area contributed by atoms with Crippen molar-refractivity contribution >= 4 is 23.2 Å². The molecule has 1 unspecified atom stereocenters. The number of hydrazine groups is 1. The lowest BCUT2D eigenvalue weighted by Crippen LogP contribution is -2.48. The van der Waals surface area contributed by atoms with E-state index in [2.05, 4.69) is 81.7 Å². The fraction of sp³-hybridized carbons (Fsp3) is 0.357. The first kappa shape index (κ1) is 25.1. The van der Waals surface area contributed by atoms with Gasteiger partial charge in [-0.15, -0.1) is 11.3 Å². The van der Waals surface area contributed by atoms with Crippen molar-refractivity contribution in [3.8, 4) is 0 Å². The number of carbonyl (C=O) groups excluding carboxylic acids is 2. The molecule has 35 heavy (non-hydrogen) atoms. The van der Waals surface area contributed by atoms with E-state index in [1.54, 1.807) is 0 Å². The molecule has 2 heterocycles. The molecule has 0 saturated carbocycles. The Morgan fingerprint density at radius 3 is 2.34 bits per heavy atom. The number of nitrogens with zero attached hydrogens (tertiary/aromatic N) is 1. The molecule has 1 atom stereocenters. The lowest BCUT2D eigenvalue weighted by Gasteiger charge is -2.25. The predicted octanol–water partition coefficient (Wildman–Crippen LogP) is 4.09. The lowest BCUT2D eigenvalue weighted by molar-refractivity contribution is -0.123. The van der Waals surface area contributed by atoms with Crippen LogP contribution >= 0.6 is 11.3 Å². The average Bonchev–Trinajstić information content (AvgIpc) is 3.52. The molecular formula is C28H34N4O2S. The van der Waals surface area contributed by atoms with Crippen molar-refractivity contribution in [2.45, 2.75) is 38.1 Å². The first-order valence-electron chi connectivity index (χ1n) is 12.3. The summed E-state index contributed by atoms with van der Waals surface area (Å²) in [6, 6.07) is 23.5. The number of amides is 2. The zero-order chi connectivity index (χ0) is 24.5.